The number of hydrogen-bond acceptors (Lipinski definition) is 4. The zero-order valence-electron chi connectivity index (χ0n) is 11.7. The third kappa shape index (κ3) is 3.67. The van der Waals surface area contributed by atoms with E-state index >= 15 is 0 Å². The summed E-state index contributed by atoms with van der Waals surface area (Å²) in [6.45, 7) is 11.7. The summed E-state index contributed by atoms with van der Waals surface area (Å²) in [4.78, 5) is 4.92. The van der Waals surface area contributed by atoms with Gasteiger partial charge in [0, 0.05) is 19.1 Å². The van der Waals surface area contributed by atoms with E-state index in [0.29, 0.717) is 6.04 Å². The summed E-state index contributed by atoms with van der Waals surface area (Å²) in [5, 5.41) is 12.3. The molecule has 4 nitrogen and oxygen atoms in total. The van der Waals surface area contributed by atoms with Gasteiger partial charge in [-0.3, -0.25) is 9.80 Å². The van der Waals surface area contributed by atoms with Crippen LogP contribution in [0.1, 0.15) is 27.2 Å². The average Bonchev–Trinajstić information content (AvgIpc) is 2.79. The first kappa shape index (κ1) is 14.4. The molecule has 1 fully saturated rings. The lowest BCUT2D eigenvalue weighted by Gasteiger charge is -2.29. The molecule has 17 heavy (non-hydrogen) atoms. The highest BCUT2D eigenvalue weighted by atomic mass is 15.3. The molecule has 2 atom stereocenters. The quantitative estimate of drug-likeness (QED) is 0.747. The van der Waals surface area contributed by atoms with Crippen molar-refractivity contribution in [2.45, 2.75) is 38.8 Å². The van der Waals surface area contributed by atoms with Crippen LogP contribution in [0.5, 0.6) is 0 Å². The van der Waals surface area contributed by atoms with Crippen molar-refractivity contribution in [3.8, 4) is 6.07 Å². The van der Waals surface area contributed by atoms with E-state index in [1.165, 1.54) is 6.42 Å². The molecule has 4 heteroatoms. The number of nitrogens with zero attached hydrogens (tertiary/aromatic N) is 3. The Labute approximate surface area is 106 Å². The fourth-order valence-corrected chi connectivity index (χ4v) is 2.61. The van der Waals surface area contributed by atoms with Crippen LogP contribution in [-0.4, -0.2) is 61.2 Å². The molecule has 1 N–H and O–H groups in total. The van der Waals surface area contributed by atoms with Crippen LogP contribution in [0.15, 0.2) is 0 Å². The van der Waals surface area contributed by atoms with Crippen molar-refractivity contribution in [3.05, 3.63) is 0 Å². The van der Waals surface area contributed by atoms with Crippen LogP contribution >= 0.6 is 0 Å². The number of likely N-dealkylation sites (N-methyl/N-ethyl adjacent to an activating group) is 2. The van der Waals surface area contributed by atoms with E-state index in [-0.39, 0.29) is 0 Å². The van der Waals surface area contributed by atoms with Gasteiger partial charge in [0.1, 0.15) is 5.54 Å². The summed E-state index contributed by atoms with van der Waals surface area (Å²) in [7, 11) is 1.86. The fraction of sp³-hybridized carbons (Fsp3) is 0.923. The van der Waals surface area contributed by atoms with Crippen molar-refractivity contribution in [1.82, 2.24) is 15.1 Å². The molecule has 2 unspecified atom stereocenters. The monoisotopic (exact) mass is 238 g/mol. The highest BCUT2D eigenvalue weighted by Crippen LogP contribution is 2.17. The zero-order chi connectivity index (χ0) is 12.9. The van der Waals surface area contributed by atoms with Gasteiger partial charge in [0.05, 0.1) is 6.07 Å². The van der Waals surface area contributed by atoms with Gasteiger partial charge in [0.2, 0.25) is 0 Å². The van der Waals surface area contributed by atoms with Crippen LogP contribution in [0.4, 0.5) is 0 Å². The topological polar surface area (TPSA) is 42.3 Å². The van der Waals surface area contributed by atoms with E-state index in [2.05, 4.69) is 35.0 Å². The number of nitrogens with one attached hydrogen (secondary N) is 1. The van der Waals surface area contributed by atoms with Gasteiger partial charge in [-0.2, -0.15) is 5.26 Å². The van der Waals surface area contributed by atoms with Gasteiger partial charge in [-0.25, -0.2) is 0 Å². The van der Waals surface area contributed by atoms with Gasteiger partial charge < -0.3 is 5.32 Å². The summed E-state index contributed by atoms with van der Waals surface area (Å²) in [6, 6.07) is 3.03. The smallest absolute Gasteiger partial charge is 0.116 e. The van der Waals surface area contributed by atoms with E-state index in [0.717, 1.165) is 32.7 Å². The summed E-state index contributed by atoms with van der Waals surface area (Å²) in [6.07, 6.45) is 1.23. The van der Waals surface area contributed by atoms with Gasteiger partial charge in [-0.1, -0.05) is 13.8 Å². The highest BCUT2D eigenvalue weighted by molar-refractivity contribution is 5.06. The second-order valence-electron chi connectivity index (χ2n) is 5.09. The number of nitriles is 1. The van der Waals surface area contributed by atoms with E-state index in [9.17, 15) is 0 Å². The number of rotatable bonds is 6. The molecule has 0 bridgehead atoms. The molecule has 0 aromatic rings. The molecule has 0 aromatic heterocycles. The molecule has 0 aliphatic carbocycles. The third-order valence-electron chi connectivity index (χ3n) is 3.91. The average molecular weight is 238 g/mol. The van der Waals surface area contributed by atoms with Gasteiger partial charge in [-0.05, 0) is 40.0 Å². The van der Waals surface area contributed by atoms with Gasteiger partial charge in [0.25, 0.3) is 0 Å². The standard InChI is InChI=1S/C13H26N4/c1-5-17(6-2)12-7-8-16(9-12)11-13(3,10-14)15-4/h12,15H,5-9,11H2,1-4H3. The van der Waals surface area contributed by atoms with Crippen LogP contribution in [0.25, 0.3) is 0 Å². The molecule has 0 amide bonds. The summed E-state index contributed by atoms with van der Waals surface area (Å²) in [5.41, 5.74) is -0.419. The molecule has 0 radical (unpaired) electrons. The van der Waals surface area contributed by atoms with E-state index in [1.54, 1.807) is 0 Å². The summed E-state index contributed by atoms with van der Waals surface area (Å²) in [5.74, 6) is 0. The van der Waals surface area contributed by atoms with Gasteiger partial charge >= 0.3 is 0 Å². The molecule has 1 aliphatic heterocycles. The third-order valence-corrected chi connectivity index (χ3v) is 3.91. The first-order chi connectivity index (χ1) is 8.08. The highest BCUT2D eigenvalue weighted by Gasteiger charge is 2.31. The fourth-order valence-electron chi connectivity index (χ4n) is 2.61. The summed E-state index contributed by atoms with van der Waals surface area (Å²) < 4.78 is 0. The van der Waals surface area contributed by atoms with Crippen LogP contribution in [-0.2, 0) is 0 Å². The molecular weight excluding hydrogens is 212 g/mol. The predicted octanol–water partition coefficient (Wildman–Crippen LogP) is 0.904. The molecule has 1 rings (SSSR count). The molecule has 98 valence electrons. The Balaban J connectivity index is 2.48. The van der Waals surface area contributed by atoms with Crippen LogP contribution in [0, 0.1) is 11.3 Å². The second kappa shape index (κ2) is 6.34. The Morgan fingerprint density at radius 1 is 1.47 bits per heavy atom. The SMILES string of the molecule is CCN(CC)C1CCN(CC(C)(C#N)NC)C1. The molecular formula is C13H26N4. The van der Waals surface area contributed by atoms with E-state index in [4.69, 9.17) is 5.26 Å². The van der Waals surface area contributed by atoms with Crippen molar-refractivity contribution in [3.63, 3.8) is 0 Å². The zero-order valence-corrected chi connectivity index (χ0v) is 11.7. The molecule has 0 saturated carbocycles. The lowest BCUT2D eigenvalue weighted by atomic mass is 10.1. The maximum absolute atomic E-state index is 9.16. The minimum Gasteiger partial charge on any atom is -0.302 e. The van der Waals surface area contributed by atoms with Crippen LogP contribution in [0.3, 0.4) is 0 Å². The van der Waals surface area contributed by atoms with Gasteiger partial charge in [0.15, 0.2) is 0 Å². The molecule has 0 spiro atoms. The summed E-state index contributed by atoms with van der Waals surface area (Å²) >= 11 is 0. The Morgan fingerprint density at radius 3 is 2.59 bits per heavy atom. The maximum Gasteiger partial charge on any atom is 0.116 e. The number of hydrogen-bond donors (Lipinski definition) is 1. The van der Waals surface area contributed by atoms with Crippen molar-refractivity contribution in [2.24, 2.45) is 0 Å². The van der Waals surface area contributed by atoms with Crippen molar-refractivity contribution in [2.75, 3.05) is 39.8 Å². The Bertz CT molecular complexity index is 269. The second-order valence-corrected chi connectivity index (χ2v) is 5.09. The minimum atomic E-state index is -0.419. The number of likely N-dealkylation sites (tertiary alicyclic amines) is 1. The van der Waals surface area contributed by atoms with Crippen LogP contribution < -0.4 is 5.32 Å². The van der Waals surface area contributed by atoms with E-state index in [1.807, 2.05) is 14.0 Å². The molecule has 0 aromatic carbocycles. The lowest BCUT2D eigenvalue weighted by Crippen LogP contribution is -2.49. The van der Waals surface area contributed by atoms with Gasteiger partial charge in [-0.15, -0.1) is 0 Å². The predicted molar refractivity (Wildman–Crippen MR) is 70.8 cm³/mol. The van der Waals surface area contributed by atoms with Crippen molar-refractivity contribution >= 4 is 0 Å². The first-order valence-electron chi connectivity index (χ1n) is 6.65. The lowest BCUT2D eigenvalue weighted by molar-refractivity contribution is 0.200. The normalized spacial score (nSPS) is 24.8. The van der Waals surface area contributed by atoms with E-state index < -0.39 is 5.54 Å². The Kier molecular flexibility index (Phi) is 5.38. The van der Waals surface area contributed by atoms with Crippen molar-refractivity contribution < 1.29 is 0 Å². The van der Waals surface area contributed by atoms with Crippen molar-refractivity contribution in [1.29, 1.82) is 5.26 Å². The molecule has 1 aliphatic rings. The minimum absolute atomic E-state index is 0.419. The Morgan fingerprint density at radius 2 is 2.12 bits per heavy atom. The molecule has 1 saturated heterocycles. The maximum atomic E-state index is 9.16. The molecule has 1 heterocycles. The largest absolute Gasteiger partial charge is 0.302 e. The van der Waals surface area contributed by atoms with Crippen LogP contribution in [0.2, 0.25) is 0 Å². The first-order valence-corrected chi connectivity index (χ1v) is 6.65. The Hall–Kier alpha value is -0.630.